The highest BCUT2D eigenvalue weighted by atomic mass is 35.5. The van der Waals surface area contributed by atoms with Gasteiger partial charge in [0.15, 0.2) is 11.5 Å². The molecule has 0 unspecified atom stereocenters. The van der Waals surface area contributed by atoms with Crippen molar-refractivity contribution in [1.29, 1.82) is 0 Å². The zero-order valence-electron chi connectivity index (χ0n) is 17.8. The lowest BCUT2D eigenvalue weighted by molar-refractivity contribution is 0.193. The minimum Gasteiger partial charge on any atom is -0.493 e. The number of halogens is 1. The lowest BCUT2D eigenvalue weighted by Gasteiger charge is -2.38. The summed E-state index contributed by atoms with van der Waals surface area (Å²) < 4.78 is 11.0. The Morgan fingerprint density at radius 2 is 1.74 bits per heavy atom. The summed E-state index contributed by atoms with van der Waals surface area (Å²) in [6.07, 6.45) is 0.706. The maximum Gasteiger partial charge on any atom is 0.322 e. The van der Waals surface area contributed by atoms with Crippen LogP contribution in [0.25, 0.3) is 0 Å². The van der Waals surface area contributed by atoms with Crippen LogP contribution >= 0.6 is 11.6 Å². The molecular weight excluding hydrogens is 412 g/mol. The van der Waals surface area contributed by atoms with Crippen LogP contribution < -0.4 is 14.8 Å². The van der Waals surface area contributed by atoms with Gasteiger partial charge in [-0.1, -0.05) is 41.9 Å². The number of urea groups is 1. The van der Waals surface area contributed by atoms with E-state index < -0.39 is 0 Å². The molecule has 4 rings (SSSR count). The molecule has 0 bridgehead atoms. The summed E-state index contributed by atoms with van der Waals surface area (Å²) in [6, 6.07) is 18.8. The van der Waals surface area contributed by atoms with Crippen LogP contribution in [0.3, 0.4) is 0 Å². The van der Waals surface area contributed by atoms with Gasteiger partial charge in [-0.2, -0.15) is 0 Å². The number of hydrogen-bond donors (Lipinski definition) is 1. The van der Waals surface area contributed by atoms with Crippen molar-refractivity contribution in [3.05, 3.63) is 87.9 Å². The Balaban J connectivity index is 1.79. The van der Waals surface area contributed by atoms with Crippen molar-refractivity contribution >= 4 is 23.3 Å². The van der Waals surface area contributed by atoms with E-state index in [0.29, 0.717) is 29.5 Å². The fourth-order valence-corrected chi connectivity index (χ4v) is 4.35. The smallest absolute Gasteiger partial charge is 0.322 e. The summed E-state index contributed by atoms with van der Waals surface area (Å²) in [4.78, 5) is 15.2. The van der Waals surface area contributed by atoms with Gasteiger partial charge in [0.1, 0.15) is 0 Å². The first-order valence-corrected chi connectivity index (χ1v) is 10.5. The molecule has 3 aromatic carbocycles. The summed E-state index contributed by atoms with van der Waals surface area (Å²) in [5, 5.41) is 3.66. The largest absolute Gasteiger partial charge is 0.493 e. The van der Waals surface area contributed by atoms with Gasteiger partial charge in [-0.3, -0.25) is 0 Å². The molecule has 160 valence electrons. The second-order valence-corrected chi connectivity index (χ2v) is 7.98. The molecule has 31 heavy (non-hydrogen) atoms. The van der Waals surface area contributed by atoms with Gasteiger partial charge in [-0.15, -0.1) is 0 Å². The Hall–Kier alpha value is -3.18. The monoisotopic (exact) mass is 436 g/mol. The molecule has 0 saturated carbocycles. The molecule has 2 amide bonds. The Morgan fingerprint density at radius 3 is 2.45 bits per heavy atom. The summed E-state index contributed by atoms with van der Waals surface area (Å²) in [7, 11) is 3.24. The first-order chi connectivity index (χ1) is 15.0. The van der Waals surface area contributed by atoms with Crippen molar-refractivity contribution in [2.45, 2.75) is 19.4 Å². The van der Waals surface area contributed by atoms with Crippen molar-refractivity contribution in [2.75, 3.05) is 26.1 Å². The first-order valence-electron chi connectivity index (χ1n) is 10.2. The Labute approximate surface area is 187 Å². The molecule has 1 aliphatic heterocycles. The minimum absolute atomic E-state index is 0.170. The van der Waals surface area contributed by atoms with Crippen LogP contribution in [0.4, 0.5) is 10.5 Å². The van der Waals surface area contributed by atoms with Crippen LogP contribution in [0.5, 0.6) is 11.5 Å². The third-order valence-corrected chi connectivity index (χ3v) is 5.95. The van der Waals surface area contributed by atoms with Gasteiger partial charge < -0.3 is 19.7 Å². The molecule has 6 heteroatoms. The summed E-state index contributed by atoms with van der Waals surface area (Å²) >= 11 is 6.59. The number of methoxy groups -OCH3 is 2. The average molecular weight is 437 g/mol. The SMILES string of the molecule is COc1cc2c(cc1OC)[C@H](c1ccccc1Cl)N(C(=O)Nc1cccc(C)c1)CC2. The minimum atomic E-state index is -0.345. The Morgan fingerprint density at radius 1 is 1.00 bits per heavy atom. The standard InChI is InChI=1S/C25H25ClN2O3/c1-16-7-6-8-18(13-16)27-25(29)28-12-11-17-14-22(30-2)23(31-3)15-20(17)24(28)19-9-4-5-10-21(19)26/h4-10,13-15,24H,11-12H2,1-3H3,(H,27,29)/t24-/m0/s1. The van der Waals surface area contributed by atoms with Gasteiger partial charge >= 0.3 is 6.03 Å². The number of rotatable bonds is 4. The topological polar surface area (TPSA) is 50.8 Å². The van der Waals surface area contributed by atoms with E-state index in [2.05, 4.69) is 5.32 Å². The first kappa shape index (κ1) is 21.1. The summed E-state index contributed by atoms with van der Waals surface area (Å²) in [6.45, 7) is 2.55. The number of nitrogens with one attached hydrogen (secondary N) is 1. The molecule has 1 atom stereocenters. The number of benzene rings is 3. The van der Waals surface area contributed by atoms with Crippen LogP contribution in [0.1, 0.15) is 28.3 Å². The van der Waals surface area contributed by atoms with Gasteiger partial charge in [0.05, 0.1) is 20.3 Å². The van der Waals surface area contributed by atoms with E-state index in [9.17, 15) is 4.79 Å². The van der Waals surface area contributed by atoms with Gasteiger partial charge in [0, 0.05) is 17.3 Å². The van der Waals surface area contributed by atoms with Gasteiger partial charge in [-0.25, -0.2) is 4.79 Å². The number of aryl methyl sites for hydroxylation is 1. The zero-order chi connectivity index (χ0) is 22.0. The highest BCUT2D eigenvalue weighted by Crippen LogP contribution is 2.42. The molecule has 0 aliphatic carbocycles. The second-order valence-electron chi connectivity index (χ2n) is 7.57. The number of carbonyl (C=O) groups is 1. The molecule has 3 aromatic rings. The van der Waals surface area contributed by atoms with Crippen LogP contribution in [0.2, 0.25) is 5.02 Å². The van der Waals surface area contributed by atoms with E-state index in [1.165, 1.54) is 0 Å². The quantitative estimate of drug-likeness (QED) is 0.558. The van der Waals surface area contributed by atoms with E-state index in [4.69, 9.17) is 21.1 Å². The maximum atomic E-state index is 13.4. The van der Waals surface area contributed by atoms with Crippen molar-refractivity contribution in [3.63, 3.8) is 0 Å². The third kappa shape index (κ3) is 4.19. The van der Waals surface area contributed by atoms with E-state index >= 15 is 0 Å². The predicted molar refractivity (Wildman–Crippen MR) is 123 cm³/mol. The molecule has 0 saturated heterocycles. The molecule has 1 heterocycles. The normalized spacial score (nSPS) is 15.2. The van der Waals surface area contributed by atoms with E-state index in [0.717, 1.165) is 27.9 Å². The van der Waals surface area contributed by atoms with E-state index in [-0.39, 0.29) is 12.1 Å². The summed E-state index contributed by atoms with van der Waals surface area (Å²) in [5.41, 5.74) is 4.82. The number of carbonyl (C=O) groups excluding carboxylic acids is 1. The zero-order valence-corrected chi connectivity index (χ0v) is 18.6. The molecule has 0 radical (unpaired) electrons. The van der Waals surface area contributed by atoms with Crippen molar-refractivity contribution in [2.24, 2.45) is 0 Å². The molecule has 1 N–H and O–H groups in total. The molecule has 0 spiro atoms. The highest BCUT2D eigenvalue weighted by Gasteiger charge is 2.34. The second kappa shape index (κ2) is 8.90. The summed E-state index contributed by atoms with van der Waals surface area (Å²) in [5.74, 6) is 1.30. The lowest BCUT2D eigenvalue weighted by Crippen LogP contribution is -2.43. The third-order valence-electron chi connectivity index (χ3n) is 5.60. The fourth-order valence-electron chi connectivity index (χ4n) is 4.11. The van der Waals surface area contributed by atoms with Gasteiger partial charge in [-0.05, 0) is 65.9 Å². The van der Waals surface area contributed by atoms with E-state index in [1.54, 1.807) is 14.2 Å². The molecule has 0 fully saturated rings. The van der Waals surface area contributed by atoms with Gasteiger partial charge in [0.25, 0.3) is 0 Å². The van der Waals surface area contributed by atoms with Crippen molar-refractivity contribution in [3.8, 4) is 11.5 Å². The number of anilines is 1. The number of nitrogens with zero attached hydrogens (tertiary/aromatic N) is 1. The lowest BCUT2D eigenvalue weighted by atomic mass is 9.87. The fraction of sp³-hybridized carbons (Fsp3) is 0.240. The number of ether oxygens (including phenoxy) is 2. The Kier molecular flexibility index (Phi) is 6.05. The highest BCUT2D eigenvalue weighted by molar-refractivity contribution is 6.31. The van der Waals surface area contributed by atoms with Crippen LogP contribution in [-0.2, 0) is 6.42 Å². The van der Waals surface area contributed by atoms with Crippen LogP contribution in [0.15, 0.2) is 60.7 Å². The molecule has 5 nitrogen and oxygen atoms in total. The number of amides is 2. The average Bonchev–Trinajstić information content (AvgIpc) is 2.77. The Bertz CT molecular complexity index is 1120. The van der Waals surface area contributed by atoms with Crippen LogP contribution in [-0.4, -0.2) is 31.7 Å². The predicted octanol–water partition coefficient (Wildman–Crippen LogP) is 5.85. The molecular formula is C25H25ClN2O3. The van der Waals surface area contributed by atoms with E-state index in [1.807, 2.05) is 72.5 Å². The number of hydrogen-bond acceptors (Lipinski definition) is 3. The van der Waals surface area contributed by atoms with Crippen molar-refractivity contribution in [1.82, 2.24) is 4.90 Å². The van der Waals surface area contributed by atoms with Gasteiger partial charge in [0.2, 0.25) is 0 Å². The van der Waals surface area contributed by atoms with Crippen molar-refractivity contribution < 1.29 is 14.3 Å². The molecule has 0 aromatic heterocycles. The van der Waals surface area contributed by atoms with Crippen LogP contribution in [0, 0.1) is 6.92 Å². The molecule has 1 aliphatic rings. The maximum absolute atomic E-state index is 13.4. The number of fused-ring (bicyclic) bond motifs is 1.